The molecule has 118 valence electrons. The predicted octanol–water partition coefficient (Wildman–Crippen LogP) is 1.64. The van der Waals surface area contributed by atoms with Crippen LogP contribution < -0.4 is 10.2 Å². The van der Waals surface area contributed by atoms with Gasteiger partial charge in [-0.3, -0.25) is 9.59 Å². The molecule has 2 saturated heterocycles. The summed E-state index contributed by atoms with van der Waals surface area (Å²) in [6.45, 7) is 2.84. The molecule has 1 N–H and O–H groups in total. The van der Waals surface area contributed by atoms with Gasteiger partial charge in [-0.15, -0.1) is 0 Å². The fourth-order valence-corrected chi connectivity index (χ4v) is 3.14. The number of likely N-dealkylation sites (tertiary alicyclic amines) is 1. The van der Waals surface area contributed by atoms with Crippen LogP contribution in [0, 0.1) is 0 Å². The van der Waals surface area contributed by atoms with Crippen molar-refractivity contribution >= 4 is 17.5 Å². The van der Waals surface area contributed by atoms with Crippen molar-refractivity contribution in [3.05, 3.63) is 29.8 Å². The van der Waals surface area contributed by atoms with E-state index < -0.39 is 0 Å². The Labute approximate surface area is 131 Å². The summed E-state index contributed by atoms with van der Waals surface area (Å²) in [5.74, 6) is 0.150. The third kappa shape index (κ3) is 3.30. The van der Waals surface area contributed by atoms with Gasteiger partial charge >= 0.3 is 0 Å². The maximum absolute atomic E-state index is 12.3. The fourth-order valence-electron chi connectivity index (χ4n) is 3.14. The van der Waals surface area contributed by atoms with E-state index in [9.17, 15) is 9.59 Å². The van der Waals surface area contributed by atoms with Gasteiger partial charge in [0.1, 0.15) is 0 Å². The first-order valence-electron chi connectivity index (χ1n) is 8.03. The van der Waals surface area contributed by atoms with Gasteiger partial charge in [0.15, 0.2) is 0 Å². The van der Waals surface area contributed by atoms with E-state index in [4.69, 9.17) is 0 Å². The van der Waals surface area contributed by atoms with Gasteiger partial charge in [-0.25, -0.2) is 0 Å². The highest BCUT2D eigenvalue weighted by molar-refractivity contribution is 5.97. The first kappa shape index (κ1) is 15.0. The first-order valence-corrected chi connectivity index (χ1v) is 8.03. The van der Waals surface area contributed by atoms with Crippen molar-refractivity contribution < 1.29 is 9.59 Å². The SMILES string of the molecule is CN1CCC(NC(=O)c2ccc(N3CCCC3=O)cc2)CC1. The van der Waals surface area contributed by atoms with Crippen molar-refractivity contribution in [3.8, 4) is 0 Å². The molecule has 22 heavy (non-hydrogen) atoms. The number of carbonyl (C=O) groups is 2. The lowest BCUT2D eigenvalue weighted by Gasteiger charge is -2.29. The third-order valence-corrected chi connectivity index (χ3v) is 4.57. The Hall–Kier alpha value is -1.88. The smallest absolute Gasteiger partial charge is 0.251 e. The summed E-state index contributed by atoms with van der Waals surface area (Å²) in [6.07, 6.45) is 3.54. The van der Waals surface area contributed by atoms with Gasteiger partial charge in [0.05, 0.1) is 0 Å². The van der Waals surface area contributed by atoms with Crippen LogP contribution in [-0.4, -0.2) is 49.4 Å². The number of rotatable bonds is 3. The molecular weight excluding hydrogens is 278 g/mol. The van der Waals surface area contributed by atoms with Gasteiger partial charge in [0.25, 0.3) is 5.91 Å². The van der Waals surface area contributed by atoms with E-state index in [1.165, 1.54) is 0 Å². The highest BCUT2D eigenvalue weighted by Gasteiger charge is 2.22. The van der Waals surface area contributed by atoms with Crippen LogP contribution in [0.5, 0.6) is 0 Å². The number of carbonyl (C=O) groups excluding carboxylic acids is 2. The molecule has 2 amide bonds. The Morgan fingerprint density at radius 2 is 1.82 bits per heavy atom. The summed E-state index contributed by atoms with van der Waals surface area (Å²) < 4.78 is 0. The monoisotopic (exact) mass is 301 g/mol. The summed E-state index contributed by atoms with van der Waals surface area (Å²) >= 11 is 0. The van der Waals surface area contributed by atoms with Crippen molar-refractivity contribution in [2.45, 2.75) is 31.7 Å². The molecule has 3 rings (SSSR count). The number of hydrogen-bond donors (Lipinski definition) is 1. The number of anilines is 1. The Balaban J connectivity index is 1.60. The fraction of sp³-hybridized carbons (Fsp3) is 0.529. The van der Waals surface area contributed by atoms with Crippen molar-refractivity contribution in [3.63, 3.8) is 0 Å². The van der Waals surface area contributed by atoms with E-state index in [1.54, 1.807) is 4.90 Å². The number of benzene rings is 1. The minimum atomic E-state index is -0.0196. The number of nitrogens with zero attached hydrogens (tertiary/aromatic N) is 2. The second-order valence-electron chi connectivity index (χ2n) is 6.25. The minimum absolute atomic E-state index is 0.0196. The van der Waals surface area contributed by atoms with Gasteiger partial charge in [-0.2, -0.15) is 0 Å². The summed E-state index contributed by atoms with van der Waals surface area (Å²) in [4.78, 5) is 28.1. The van der Waals surface area contributed by atoms with Gasteiger partial charge < -0.3 is 15.1 Å². The Morgan fingerprint density at radius 1 is 1.14 bits per heavy atom. The zero-order valence-corrected chi connectivity index (χ0v) is 13.0. The van der Waals surface area contributed by atoms with Gasteiger partial charge in [-0.1, -0.05) is 0 Å². The molecule has 2 aliphatic rings. The maximum atomic E-state index is 12.3. The lowest BCUT2D eigenvalue weighted by Crippen LogP contribution is -2.43. The molecule has 1 aromatic rings. The number of piperidine rings is 1. The van der Waals surface area contributed by atoms with Crippen molar-refractivity contribution in [2.24, 2.45) is 0 Å². The molecule has 0 saturated carbocycles. The lowest BCUT2D eigenvalue weighted by molar-refractivity contribution is -0.117. The molecule has 0 spiro atoms. The van der Waals surface area contributed by atoms with Crippen molar-refractivity contribution in [1.82, 2.24) is 10.2 Å². The average Bonchev–Trinajstić information content (AvgIpc) is 2.96. The highest BCUT2D eigenvalue weighted by atomic mass is 16.2. The lowest BCUT2D eigenvalue weighted by atomic mass is 10.0. The first-order chi connectivity index (χ1) is 10.6. The third-order valence-electron chi connectivity index (χ3n) is 4.57. The topological polar surface area (TPSA) is 52.7 Å². The molecule has 0 bridgehead atoms. The zero-order valence-electron chi connectivity index (χ0n) is 13.0. The largest absolute Gasteiger partial charge is 0.349 e. The van der Waals surface area contributed by atoms with E-state index >= 15 is 0 Å². The highest BCUT2D eigenvalue weighted by Crippen LogP contribution is 2.21. The molecule has 2 heterocycles. The standard InChI is InChI=1S/C17H23N3O2/c1-19-11-8-14(9-12-19)18-17(22)13-4-6-15(7-5-13)20-10-2-3-16(20)21/h4-7,14H,2-3,8-12H2,1H3,(H,18,22). The Morgan fingerprint density at radius 3 is 2.41 bits per heavy atom. The second kappa shape index (κ2) is 6.48. The normalized spacial score (nSPS) is 20.4. The quantitative estimate of drug-likeness (QED) is 0.923. The summed E-state index contributed by atoms with van der Waals surface area (Å²) in [5.41, 5.74) is 1.55. The van der Waals surface area contributed by atoms with Gasteiger partial charge in [0.2, 0.25) is 5.91 Å². The molecule has 0 unspecified atom stereocenters. The maximum Gasteiger partial charge on any atom is 0.251 e. The molecule has 0 aliphatic carbocycles. The molecule has 5 nitrogen and oxygen atoms in total. The summed E-state index contributed by atoms with van der Waals surface area (Å²) in [7, 11) is 2.11. The van der Waals surface area contributed by atoms with E-state index in [0.29, 0.717) is 12.0 Å². The Bertz CT molecular complexity index is 548. The van der Waals surface area contributed by atoms with Gasteiger partial charge in [0, 0.05) is 30.3 Å². The summed E-state index contributed by atoms with van der Waals surface area (Å²) in [6, 6.07) is 7.62. The molecule has 0 atom stereocenters. The van der Waals surface area contributed by atoms with Crippen LogP contribution in [0.3, 0.4) is 0 Å². The summed E-state index contributed by atoms with van der Waals surface area (Å²) in [5, 5.41) is 3.11. The zero-order chi connectivity index (χ0) is 15.5. The van der Waals surface area contributed by atoms with Crippen LogP contribution in [0.1, 0.15) is 36.0 Å². The van der Waals surface area contributed by atoms with E-state index in [2.05, 4.69) is 17.3 Å². The molecule has 1 aromatic carbocycles. The van der Waals surface area contributed by atoms with E-state index in [0.717, 1.165) is 44.6 Å². The van der Waals surface area contributed by atoms with Crippen LogP contribution in [-0.2, 0) is 4.79 Å². The van der Waals surface area contributed by atoms with E-state index in [1.807, 2.05) is 24.3 Å². The molecule has 0 aromatic heterocycles. The molecule has 2 aliphatic heterocycles. The molecule has 2 fully saturated rings. The van der Waals surface area contributed by atoms with Crippen LogP contribution in [0.2, 0.25) is 0 Å². The minimum Gasteiger partial charge on any atom is -0.349 e. The van der Waals surface area contributed by atoms with Crippen LogP contribution in [0.25, 0.3) is 0 Å². The van der Waals surface area contributed by atoms with Crippen molar-refractivity contribution in [2.75, 3.05) is 31.6 Å². The predicted molar refractivity (Wildman–Crippen MR) is 86.0 cm³/mol. The molecule has 0 radical (unpaired) electrons. The number of nitrogens with one attached hydrogen (secondary N) is 1. The van der Waals surface area contributed by atoms with Crippen LogP contribution in [0.15, 0.2) is 24.3 Å². The second-order valence-corrected chi connectivity index (χ2v) is 6.25. The number of amides is 2. The molecule has 5 heteroatoms. The van der Waals surface area contributed by atoms with Gasteiger partial charge in [-0.05, 0) is 63.7 Å². The Kier molecular flexibility index (Phi) is 4.43. The van der Waals surface area contributed by atoms with E-state index in [-0.39, 0.29) is 17.9 Å². The average molecular weight is 301 g/mol. The van der Waals surface area contributed by atoms with Crippen molar-refractivity contribution in [1.29, 1.82) is 0 Å². The van der Waals surface area contributed by atoms with Crippen LogP contribution in [0.4, 0.5) is 5.69 Å². The van der Waals surface area contributed by atoms with Crippen LogP contribution >= 0.6 is 0 Å². The molecular formula is C17H23N3O2. The number of hydrogen-bond acceptors (Lipinski definition) is 3.